The van der Waals surface area contributed by atoms with Gasteiger partial charge in [0.2, 0.25) is 0 Å². The number of nitrogens with one attached hydrogen (secondary N) is 1. The maximum Gasteiger partial charge on any atom is 0.353 e. The summed E-state index contributed by atoms with van der Waals surface area (Å²) >= 11 is 0. The Labute approximate surface area is 159 Å². The normalized spacial score (nSPS) is 13.4. The van der Waals surface area contributed by atoms with Gasteiger partial charge in [-0.05, 0) is 41.3 Å². The number of methoxy groups -OCH3 is 1. The number of benzene rings is 2. The Morgan fingerprint density at radius 1 is 1.33 bits per heavy atom. The number of anilines is 1. The Hall–Kier alpha value is -3.10. The summed E-state index contributed by atoms with van der Waals surface area (Å²) in [6, 6.07) is 14.3. The first-order valence-corrected chi connectivity index (χ1v) is 8.99. The summed E-state index contributed by atoms with van der Waals surface area (Å²) in [5.41, 5.74) is 5.70. The molecule has 0 radical (unpaired) electrons. The molecule has 0 aromatic heterocycles. The molecular formula is C22H23N3O2. The number of rotatable bonds is 5. The lowest BCUT2D eigenvalue weighted by molar-refractivity contribution is -0.135. The summed E-state index contributed by atoms with van der Waals surface area (Å²) in [6.45, 7) is 8.49. The van der Waals surface area contributed by atoms with Crippen LogP contribution in [-0.4, -0.2) is 31.1 Å². The Kier molecular flexibility index (Phi) is 5.58. The minimum atomic E-state index is -0.539. The molecule has 0 unspecified atom stereocenters. The second-order valence-corrected chi connectivity index (χ2v) is 6.50. The predicted molar refractivity (Wildman–Crippen MR) is 106 cm³/mol. The molecule has 1 aliphatic heterocycles. The summed E-state index contributed by atoms with van der Waals surface area (Å²) in [4.78, 5) is 14.1. The van der Waals surface area contributed by atoms with Gasteiger partial charge in [-0.2, -0.15) is 5.26 Å². The van der Waals surface area contributed by atoms with Gasteiger partial charge >= 0.3 is 5.97 Å². The number of carbonyl (C=O) groups excluding carboxylic acids is 1. The molecule has 138 valence electrons. The molecule has 2 aromatic carbocycles. The lowest BCUT2D eigenvalue weighted by Crippen LogP contribution is -2.31. The number of nitriles is 1. The number of esters is 1. The number of ether oxygens (including phenoxy) is 1. The van der Waals surface area contributed by atoms with E-state index in [1.807, 2.05) is 24.3 Å². The first kappa shape index (κ1) is 18.7. The van der Waals surface area contributed by atoms with Crippen molar-refractivity contribution in [1.29, 1.82) is 5.26 Å². The second-order valence-electron chi connectivity index (χ2n) is 6.50. The van der Waals surface area contributed by atoms with Crippen molar-refractivity contribution >= 4 is 11.7 Å². The van der Waals surface area contributed by atoms with Crippen LogP contribution in [-0.2, 0) is 22.5 Å². The molecule has 0 spiro atoms. The van der Waals surface area contributed by atoms with Gasteiger partial charge in [-0.3, -0.25) is 4.90 Å². The molecule has 0 fully saturated rings. The Bertz CT molecular complexity index is 913. The molecule has 1 aliphatic rings. The minimum Gasteiger partial charge on any atom is -0.464 e. The van der Waals surface area contributed by atoms with E-state index in [0.29, 0.717) is 11.3 Å². The van der Waals surface area contributed by atoms with Gasteiger partial charge in [-0.1, -0.05) is 43.8 Å². The number of carbonyl (C=O) groups is 1. The molecule has 0 saturated heterocycles. The van der Waals surface area contributed by atoms with Crippen molar-refractivity contribution in [3.63, 3.8) is 0 Å². The highest BCUT2D eigenvalue weighted by atomic mass is 16.5. The summed E-state index contributed by atoms with van der Waals surface area (Å²) in [6.07, 6.45) is 0.887. The van der Waals surface area contributed by atoms with Gasteiger partial charge in [0.15, 0.2) is 0 Å². The monoisotopic (exact) mass is 361 g/mol. The van der Waals surface area contributed by atoms with Crippen LogP contribution in [0.15, 0.2) is 48.7 Å². The van der Waals surface area contributed by atoms with Crippen LogP contribution >= 0.6 is 0 Å². The van der Waals surface area contributed by atoms with Crippen molar-refractivity contribution in [3.05, 3.63) is 65.4 Å². The summed E-state index contributed by atoms with van der Waals surface area (Å²) < 4.78 is 4.74. The van der Waals surface area contributed by atoms with Crippen LogP contribution in [0.2, 0.25) is 0 Å². The highest BCUT2D eigenvalue weighted by molar-refractivity contribution is 5.92. The molecule has 0 saturated carbocycles. The summed E-state index contributed by atoms with van der Waals surface area (Å²) in [5, 5.41) is 12.8. The smallest absolute Gasteiger partial charge is 0.353 e. The fourth-order valence-electron chi connectivity index (χ4n) is 3.51. The average Bonchev–Trinajstić information content (AvgIpc) is 2.73. The largest absolute Gasteiger partial charge is 0.464 e. The van der Waals surface area contributed by atoms with E-state index in [1.54, 1.807) is 0 Å². The topological polar surface area (TPSA) is 65.4 Å². The first-order chi connectivity index (χ1) is 13.1. The number of fused-ring (bicyclic) bond motifs is 1. The Balaban J connectivity index is 2.17. The Morgan fingerprint density at radius 3 is 2.70 bits per heavy atom. The van der Waals surface area contributed by atoms with Crippen molar-refractivity contribution < 1.29 is 9.53 Å². The zero-order valence-corrected chi connectivity index (χ0v) is 15.7. The zero-order valence-electron chi connectivity index (χ0n) is 15.7. The van der Waals surface area contributed by atoms with Crippen LogP contribution in [0, 0.1) is 11.3 Å². The van der Waals surface area contributed by atoms with E-state index in [4.69, 9.17) is 4.74 Å². The lowest BCUT2D eigenvalue weighted by Gasteiger charge is -2.31. The van der Waals surface area contributed by atoms with Crippen molar-refractivity contribution in [2.24, 2.45) is 0 Å². The van der Waals surface area contributed by atoms with Crippen LogP contribution in [0.25, 0.3) is 11.1 Å². The molecule has 5 nitrogen and oxygen atoms in total. The van der Waals surface area contributed by atoms with Crippen molar-refractivity contribution in [2.45, 2.75) is 19.9 Å². The van der Waals surface area contributed by atoms with Crippen molar-refractivity contribution in [2.75, 3.05) is 25.5 Å². The number of nitrogens with zero attached hydrogens (tertiary/aromatic N) is 2. The number of hydrogen-bond donors (Lipinski definition) is 1. The quantitative estimate of drug-likeness (QED) is 0.650. The van der Waals surface area contributed by atoms with Crippen molar-refractivity contribution in [1.82, 2.24) is 4.90 Å². The molecule has 0 bridgehead atoms. The molecule has 0 amide bonds. The van der Waals surface area contributed by atoms with Crippen LogP contribution in [0.1, 0.15) is 23.6 Å². The van der Waals surface area contributed by atoms with E-state index >= 15 is 0 Å². The van der Waals surface area contributed by atoms with Crippen LogP contribution in [0.5, 0.6) is 0 Å². The van der Waals surface area contributed by atoms with E-state index < -0.39 is 5.97 Å². The van der Waals surface area contributed by atoms with Crippen molar-refractivity contribution in [3.8, 4) is 17.2 Å². The highest BCUT2D eigenvalue weighted by Gasteiger charge is 2.25. The van der Waals surface area contributed by atoms with Gasteiger partial charge < -0.3 is 10.1 Å². The van der Waals surface area contributed by atoms with Crippen LogP contribution < -0.4 is 5.32 Å². The van der Waals surface area contributed by atoms with Crippen LogP contribution in [0.3, 0.4) is 0 Å². The van der Waals surface area contributed by atoms with E-state index in [9.17, 15) is 10.1 Å². The molecular weight excluding hydrogens is 338 g/mol. The summed E-state index contributed by atoms with van der Waals surface area (Å²) in [5.74, 6) is -0.539. The predicted octanol–water partition coefficient (Wildman–Crippen LogP) is 3.70. The highest BCUT2D eigenvalue weighted by Crippen LogP contribution is 2.37. The van der Waals surface area contributed by atoms with Gasteiger partial charge in [-0.25, -0.2) is 4.79 Å². The van der Waals surface area contributed by atoms with E-state index in [-0.39, 0.29) is 5.70 Å². The minimum absolute atomic E-state index is 0.122. The van der Waals surface area contributed by atoms with Gasteiger partial charge in [0.25, 0.3) is 0 Å². The second kappa shape index (κ2) is 8.07. The third-order valence-corrected chi connectivity index (χ3v) is 4.97. The molecule has 27 heavy (non-hydrogen) atoms. The third kappa shape index (κ3) is 3.71. The van der Waals surface area contributed by atoms with Gasteiger partial charge in [0, 0.05) is 13.1 Å². The van der Waals surface area contributed by atoms with E-state index in [2.05, 4.69) is 41.9 Å². The standard InChI is InChI=1S/C22H23N3O2/c1-4-25-11-10-18-19(16-8-6-5-7-9-16)12-17(13-23)21(20(18)14-25)24-15(2)22(26)27-3/h5-9,12,24H,2,4,10-11,14H2,1,3H3. The van der Waals surface area contributed by atoms with Gasteiger partial charge in [0.05, 0.1) is 18.4 Å². The van der Waals surface area contributed by atoms with Crippen LogP contribution in [0.4, 0.5) is 5.69 Å². The molecule has 5 heteroatoms. The fourth-order valence-corrected chi connectivity index (χ4v) is 3.51. The zero-order chi connectivity index (χ0) is 19.4. The number of likely N-dealkylation sites (N-methyl/N-ethyl adjacent to an activating group) is 1. The van der Waals surface area contributed by atoms with Gasteiger partial charge in [-0.15, -0.1) is 0 Å². The molecule has 1 N–H and O–H groups in total. The molecule has 0 atom stereocenters. The van der Waals surface area contributed by atoms with E-state index in [0.717, 1.165) is 42.7 Å². The maximum absolute atomic E-state index is 11.8. The maximum atomic E-state index is 11.8. The third-order valence-electron chi connectivity index (χ3n) is 4.97. The molecule has 1 heterocycles. The lowest BCUT2D eigenvalue weighted by atomic mass is 9.87. The fraction of sp³-hybridized carbons (Fsp3) is 0.273. The Morgan fingerprint density at radius 2 is 2.07 bits per heavy atom. The van der Waals surface area contributed by atoms with Gasteiger partial charge in [0.1, 0.15) is 11.8 Å². The molecule has 0 aliphatic carbocycles. The molecule has 3 rings (SSSR count). The first-order valence-electron chi connectivity index (χ1n) is 8.99. The SMILES string of the molecule is C=C(Nc1c(C#N)cc(-c2ccccc2)c2c1CN(CC)CC2)C(=O)OC. The summed E-state index contributed by atoms with van der Waals surface area (Å²) in [7, 11) is 1.31. The van der Waals surface area contributed by atoms with E-state index in [1.165, 1.54) is 12.7 Å². The number of hydrogen-bond acceptors (Lipinski definition) is 5. The average molecular weight is 361 g/mol. The molecule has 2 aromatic rings.